The topological polar surface area (TPSA) is 115 Å². The molecular formula is C35H41N7O4. The minimum absolute atomic E-state index is 0.136. The number of para-hydroxylation sites is 1. The number of aromatic hydroxyl groups is 1. The van der Waals surface area contributed by atoms with E-state index < -0.39 is 0 Å². The number of methoxy groups -OCH3 is 2. The molecule has 0 radical (unpaired) electrons. The molecule has 3 N–H and O–H groups in total. The quantitative estimate of drug-likeness (QED) is 0.198. The van der Waals surface area contributed by atoms with Crippen LogP contribution in [0.15, 0.2) is 66.9 Å². The van der Waals surface area contributed by atoms with E-state index in [-0.39, 0.29) is 11.3 Å². The van der Waals surface area contributed by atoms with Gasteiger partial charge in [-0.1, -0.05) is 18.2 Å². The summed E-state index contributed by atoms with van der Waals surface area (Å²) in [6.07, 6.45) is 4.58. The van der Waals surface area contributed by atoms with E-state index in [1.165, 1.54) is 13.2 Å². The molecule has 4 aromatic rings. The molecule has 3 heterocycles. The van der Waals surface area contributed by atoms with Crippen LogP contribution >= 0.6 is 0 Å². The average Bonchev–Trinajstić information content (AvgIpc) is 3.09. The maximum Gasteiger partial charge on any atom is 0.229 e. The Morgan fingerprint density at radius 1 is 0.870 bits per heavy atom. The number of nitrogens with one attached hydrogen (secondary N) is 2. The Balaban J connectivity index is 1.24. The van der Waals surface area contributed by atoms with Crippen molar-refractivity contribution in [2.45, 2.75) is 18.9 Å². The summed E-state index contributed by atoms with van der Waals surface area (Å²) in [5.41, 5.74) is 3.98. The maximum atomic E-state index is 11.6. The third kappa shape index (κ3) is 6.85. The number of phenolic OH excluding ortho intramolecular Hbond substituents is 1. The summed E-state index contributed by atoms with van der Waals surface area (Å²) in [4.78, 5) is 28.6. The number of carbonyl (C=O) groups excluding carboxylic acids is 1. The molecule has 0 saturated carbocycles. The average molecular weight is 624 g/mol. The zero-order valence-electron chi connectivity index (χ0n) is 26.6. The summed E-state index contributed by atoms with van der Waals surface area (Å²) >= 11 is 0. The zero-order valence-corrected chi connectivity index (χ0v) is 26.6. The van der Waals surface area contributed by atoms with E-state index >= 15 is 0 Å². The second-order valence-electron chi connectivity index (χ2n) is 11.7. The number of hydrogen-bond acceptors (Lipinski definition) is 11. The van der Waals surface area contributed by atoms with Gasteiger partial charge in [-0.3, -0.25) is 9.69 Å². The van der Waals surface area contributed by atoms with Crippen LogP contribution in [-0.2, 0) is 0 Å². The first-order valence-corrected chi connectivity index (χ1v) is 15.6. The summed E-state index contributed by atoms with van der Waals surface area (Å²) in [6.45, 7) is 6.63. The van der Waals surface area contributed by atoms with Crippen molar-refractivity contribution in [1.29, 1.82) is 0 Å². The molecule has 2 aliphatic rings. The predicted molar refractivity (Wildman–Crippen MR) is 181 cm³/mol. The van der Waals surface area contributed by atoms with Crippen molar-refractivity contribution in [3.8, 4) is 28.4 Å². The SMILES string of the molecule is COc1cc(N2CCC(N3CCN(C)CC3)CC2)ccc1Nc1ncc(-c2cc(C=O)c(O)cc2OC)c(Nc2ccccc2)n1. The van der Waals surface area contributed by atoms with E-state index in [0.717, 1.165) is 69.2 Å². The van der Waals surface area contributed by atoms with Crippen LogP contribution in [0.3, 0.4) is 0 Å². The molecular weight excluding hydrogens is 582 g/mol. The number of piperazine rings is 1. The third-order valence-electron chi connectivity index (χ3n) is 8.91. The molecule has 1 aromatic heterocycles. The molecule has 0 spiro atoms. The van der Waals surface area contributed by atoms with Crippen LogP contribution in [0.5, 0.6) is 17.2 Å². The van der Waals surface area contributed by atoms with Crippen LogP contribution in [0.2, 0.25) is 0 Å². The van der Waals surface area contributed by atoms with Gasteiger partial charge in [0.25, 0.3) is 0 Å². The van der Waals surface area contributed by atoms with Gasteiger partial charge in [0.15, 0.2) is 6.29 Å². The van der Waals surface area contributed by atoms with E-state index in [4.69, 9.17) is 14.5 Å². The monoisotopic (exact) mass is 623 g/mol. The van der Waals surface area contributed by atoms with Crippen LogP contribution in [0.25, 0.3) is 11.1 Å². The number of aldehydes is 1. The van der Waals surface area contributed by atoms with Crippen molar-refractivity contribution in [3.63, 3.8) is 0 Å². The Bertz CT molecular complexity index is 1650. The third-order valence-corrected chi connectivity index (χ3v) is 8.91. The Morgan fingerprint density at radius 2 is 1.61 bits per heavy atom. The zero-order chi connectivity index (χ0) is 32.0. The molecule has 0 bridgehead atoms. The van der Waals surface area contributed by atoms with E-state index in [1.54, 1.807) is 19.4 Å². The van der Waals surface area contributed by atoms with Crippen LogP contribution in [0.1, 0.15) is 23.2 Å². The normalized spacial score (nSPS) is 16.2. The van der Waals surface area contributed by atoms with Crippen LogP contribution in [-0.4, -0.2) is 97.7 Å². The molecule has 0 amide bonds. The molecule has 11 heteroatoms. The van der Waals surface area contributed by atoms with Gasteiger partial charge in [0, 0.05) is 86.1 Å². The van der Waals surface area contributed by atoms with Crippen LogP contribution < -0.4 is 25.0 Å². The molecule has 0 unspecified atom stereocenters. The van der Waals surface area contributed by atoms with Gasteiger partial charge in [-0.25, -0.2) is 4.98 Å². The van der Waals surface area contributed by atoms with E-state index in [1.807, 2.05) is 36.4 Å². The highest BCUT2D eigenvalue weighted by Gasteiger charge is 2.27. The number of anilines is 5. The van der Waals surface area contributed by atoms with Crippen LogP contribution in [0.4, 0.5) is 28.8 Å². The Kier molecular flexibility index (Phi) is 9.51. The molecule has 240 valence electrons. The Morgan fingerprint density at radius 3 is 2.30 bits per heavy atom. The smallest absolute Gasteiger partial charge is 0.229 e. The molecule has 0 atom stereocenters. The summed E-state index contributed by atoms with van der Waals surface area (Å²) < 4.78 is 11.4. The highest BCUT2D eigenvalue weighted by molar-refractivity contribution is 5.89. The maximum absolute atomic E-state index is 11.6. The lowest BCUT2D eigenvalue weighted by atomic mass is 10.0. The Hall–Kier alpha value is -4.87. The minimum atomic E-state index is -0.165. The van der Waals surface area contributed by atoms with Crippen molar-refractivity contribution < 1.29 is 19.4 Å². The van der Waals surface area contributed by atoms with Gasteiger partial charge in [-0.05, 0) is 50.2 Å². The lowest BCUT2D eigenvalue weighted by Gasteiger charge is -2.42. The number of nitrogens with zero attached hydrogens (tertiary/aromatic N) is 5. The van der Waals surface area contributed by atoms with E-state index in [2.05, 4.69) is 49.5 Å². The van der Waals surface area contributed by atoms with Gasteiger partial charge in [-0.15, -0.1) is 0 Å². The second kappa shape index (κ2) is 14.1. The Labute approximate surface area is 269 Å². The lowest BCUT2D eigenvalue weighted by molar-refractivity contribution is 0.0982. The highest BCUT2D eigenvalue weighted by Crippen LogP contribution is 2.40. The number of piperidine rings is 1. The number of hydrogen-bond donors (Lipinski definition) is 3. The summed E-state index contributed by atoms with van der Waals surface area (Å²) in [6, 6.07) is 19.5. The largest absolute Gasteiger partial charge is 0.507 e. The van der Waals surface area contributed by atoms with Gasteiger partial charge in [0.05, 0.1) is 25.5 Å². The van der Waals surface area contributed by atoms with Crippen molar-refractivity contribution in [2.75, 3.05) is 76.1 Å². The lowest BCUT2D eigenvalue weighted by Crippen LogP contribution is -2.52. The number of carbonyl (C=O) groups is 1. The van der Waals surface area contributed by atoms with Gasteiger partial charge < -0.3 is 35.0 Å². The van der Waals surface area contributed by atoms with Gasteiger partial charge in [0.1, 0.15) is 23.1 Å². The summed E-state index contributed by atoms with van der Waals surface area (Å²) in [5.74, 6) is 1.76. The van der Waals surface area contributed by atoms with Gasteiger partial charge in [-0.2, -0.15) is 4.98 Å². The number of rotatable bonds is 10. The number of phenols is 1. The fourth-order valence-electron chi connectivity index (χ4n) is 6.23. The van der Waals surface area contributed by atoms with Crippen molar-refractivity contribution in [1.82, 2.24) is 19.8 Å². The number of likely N-dealkylation sites (N-methyl/N-ethyl adjacent to an activating group) is 1. The molecule has 2 fully saturated rings. The number of aromatic nitrogens is 2. The first-order valence-electron chi connectivity index (χ1n) is 15.6. The van der Waals surface area contributed by atoms with E-state index in [0.29, 0.717) is 46.7 Å². The first kappa shape index (κ1) is 31.1. The van der Waals surface area contributed by atoms with Crippen molar-refractivity contribution in [2.24, 2.45) is 0 Å². The van der Waals surface area contributed by atoms with Gasteiger partial charge in [0.2, 0.25) is 5.95 Å². The summed E-state index contributed by atoms with van der Waals surface area (Å²) in [5, 5.41) is 16.9. The predicted octanol–water partition coefficient (Wildman–Crippen LogP) is 5.38. The molecule has 3 aromatic carbocycles. The van der Waals surface area contributed by atoms with Gasteiger partial charge >= 0.3 is 0 Å². The standard InChI is InChI=1S/C35H41N7O4/c1-40-15-17-42(18-16-40)26-11-13-41(14-12-26)27-9-10-30(33(20-27)46-3)38-35-36-22-29(34(39-35)37-25-7-5-4-6-8-25)28-19-24(23-43)31(44)21-32(28)45-2/h4-10,19-23,26,44H,11-18H2,1-3H3,(H2,36,37,38,39). The summed E-state index contributed by atoms with van der Waals surface area (Å²) in [7, 11) is 5.37. The fourth-order valence-corrected chi connectivity index (χ4v) is 6.23. The molecule has 2 aliphatic heterocycles. The molecule has 6 rings (SSSR count). The van der Waals surface area contributed by atoms with Crippen LogP contribution in [0, 0.1) is 0 Å². The minimum Gasteiger partial charge on any atom is -0.507 e. The molecule has 0 aliphatic carbocycles. The first-order chi connectivity index (χ1) is 22.4. The second-order valence-corrected chi connectivity index (χ2v) is 11.7. The molecule has 11 nitrogen and oxygen atoms in total. The highest BCUT2D eigenvalue weighted by atomic mass is 16.5. The number of benzene rings is 3. The van der Waals surface area contributed by atoms with Crippen molar-refractivity contribution in [3.05, 3.63) is 72.4 Å². The fraction of sp³-hybridized carbons (Fsp3) is 0.343. The van der Waals surface area contributed by atoms with E-state index in [9.17, 15) is 9.90 Å². The molecule has 46 heavy (non-hydrogen) atoms. The number of ether oxygens (including phenoxy) is 2. The van der Waals surface area contributed by atoms with Crippen molar-refractivity contribution >= 4 is 35.1 Å². The molecule has 2 saturated heterocycles.